The summed E-state index contributed by atoms with van der Waals surface area (Å²) < 4.78 is 0. The van der Waals surface area contributed by atoms with Crippen LogP contribution in [0.4, 0.5) is 0 Å². The maximum atomic E-state index is 12.9. The lowest BCUT2D eigenvalue weighted by molar-refractivity contribution is -0.136. The Morgan fingerprint density at radius 1 is 1.04 bits per heavy atom. The van der Waals surface area contributed by atoms with Crippen LogP contribution in [0.25, 0.3) is 10.9 Å². The van der Waals surface area contributed by atoms with Gasteiger partial charge in [-0.2, -0.15) is 0 Å². The second-order valence-corrected chi connectivity index (χ2v) is 7.25. The van der Waals surface area contributed by atoms with Crippen molar-refractivity contribution in [2.75, 3.05) is 19.6 Å². The number of para-hydroxylation sites is 1. The fourth-order valence-corrected chi connectivity index (χ4v) is 3.88. The Balaban J connectivity index is 1.45. The van der Waals surface area contributed by atoms with Gasteiger partial charge in [-0.3, -0.25) is 14.5 Å². The van der Waals surface area contributed by atoms with Gasteiger partial charge in [-0.05, 0) is 17.2 Å². The zero-order valence-electron chi connectivity index (χ0n) is 15.7. The molecule has 0 aliphatic carbocycles. The van der Waals surface area contributed by atoms with Crippen molar-refractivity contribution < 1.29 is 9.59 Å². The van der Waals surface area contributed by atoms with E-state index in [4.69, 9.17) is 5.73 Å². The van der Waals surface area contributed by atoms with Crippen molar-refractivity contribution in [2.45, 2.75) is 19.0 Å². The fourth-order valence-electron chi connectivity index (χ4n) is 3.88. The molecular formula is C22H24N4O2. The third-order valence-corrected chi connectivity index (χ3v) is 5.42. The topological polar surface area (TPSA) is 82.4 Å². The average molecular weight is 376 g/mol. The van der Waals surface area contributed by atoms with Gasteiger partial charge in [0.1, 0.15) is 6.04 Å². The van der Waals surface area contributed by atoms with Crippen molar-refractivity contribution in [3.8, 4) is 0 Å². The SMILES string of the molecule is NC(=O)[C@@H]1CN(C(=O)Cc2c[nH]c3ccccc23)CCN1Cc1ccccc1. The molecule has 1 atom stereocenters. The first kappa shape index (κ1) is 18.3. The first-order chi connectivity index (χ1) is 13.6. The van der Waals surface area contributed by atoms with Crippen LogP contribution in [-0.4, -0.2) is 52.3 Å². The van der Waals surface area contributed by atoms with Crippen molar-refractivity contribution in [3.63, 3.8) is 0 Å². The third kappa shape index (κ3) is 3.77. The Labute approximate surface area is 163 Å². The molecule has 3 aromatic rings. The van der Waals surface area contributed by atoms with Gasteiger partial charge in [-0.1, -0.05) is 48.5 Å². The van der Waals surface area contributed by atoms with Gasteiger partial charge in [0, 0.05) is 43.3 Å². The van der Waals surface area contributed by atoms with Gasteiger partial charge >= 0.3 is 0 Å². The number of H-pyrrole nitrogens is 1. The van der Waals surface area contributed by atoms with Crippen LogP contribution >= 0.6 is 0 Å². The normalized spacial score (nSPS) is 17.7. The lowest BCUT2D eigenvalue weighted by atomic mass is 10.1. The molecule has 2 heterocycles. The molecule has 4 rings (SSSR count). The molecule has 2 aromatic carbocycles. The summed E-state index contributed by atoms with van der Waals surface area (Å²) in [5, 5.41) is 1.06. The molecule has 1 fully saturated rings. The van der Waals surface area contributed by atoms with Gasteiger partial charge in [0.25, 0.3) is 0 Å². The van der Waals surface area contributed by atoms with E-state index in [2.05, 4.69) is 9.88 Å². The zero-order chi connectivity index (χ0) is 19.5. The van der Waals surface area contributed by atoms with Crippen molar-refractivity contribution in [1.82, 2.24) is 14.8 Å². The van der Waals surface area contributed by atoms with Crippen molar-refractivity contribution in [2.24, 2.45) is 5.73 Å². The van der Waals surface area contributed by atoms with Gasteiger partial charge in [-0.15, -0.1) is 0 Å². The Bertz CT molecular complexity index is 982. The van der Waals surface area contributed by atoms with Crippen LogP contribution in [0.5, 0.6) is 0 Å². The lowest BCUT2D eigenvalue weighted by Gasteiger charge is -2.40. The number of carbonyl (C=O) groups is 2. The number of hydrogen-bond acceptors (Lipinski definition) is 3. The number of nitrogens with two attached hydrogens (primary N) is 1. The largest absolute Gasteiger partial charge is 0.368 e. The molecule has 2 amide bonds. The maximum Gasteiger partial charge on any atom is 0.236 e. The van der Waals surface area contributed by atoms with Crippen LogP contribution in [-0.2, 0) is 22.6 Å². The summed E-state index contributed by atoms with van der Waals surface area (Å²) in [6.45, 7) is 2.21. The van der Waals surface area contributed by atoms with Crippen LogP contribution < -0.4 is 5.73 Å². The molecule has 0 saturated carbocycles. The molecular weight excluding hydrogens is 352 g/mol. The number of amides is 2. The van der Waals surface area contributed by atoms with Gasteiger partial charge in [0.15, 0.2) is 0 Å². The summed E-state index contributed by atoms with van der Waals surface area (Å²) in [4.78, 5) is 32.0. The molecule has 1 aromatic heterocycles. The highest BCUT2D eigenvalue weighted by molar-refractivity contribution is 5.89. The molecule has 1 aliphatic heterocycles. The number of primary amides is 1. The Morgan fingerprint density at radius 2 is 1.79 bits per heavy atom. The Kier molecular flexibility index (Phi) is 5.12. The fraction of sp³-hybridized carbons (Fsp3) is 0.273. The van der Waals surface area contributed by atoms with Gasteiger partial charge in [-0.25, -0.2) is 0 Å². The highest BCUT2D eigenvalue weighted by atomic mass is 16.2. The van der Waals surface area contributed by atoms with Crippen LogP contribution in [0.15, 0.2) is 60.8 Å². The smallest absolute Gasteiger partial charge is 0.236 e. The van der Waals surface area contributed by atoms with E-state index in [1.165, 1.54) is 0 Å². The lowest BCUT2D eigenvalue weighted by Crippen LogP contribution is -2.59. The van der Waals surface area contributed by atoms with Crippen LogP contribution in [0, 0.1) is 0 Å². The van der Waals surface area contributed by atoms with Crippen LogP contribution in [0.3, 0.4) is 0 Å². The Morgan fingerprint density at radius 3 is 2.57 bits per heavy atom. The number of carbonyl (C=O) groups excluding carboxylic acids is 2. The standard InChI is InChI=1S/C22H24N4O2/c23-22(28)20-15-26(11-10-25(20)14-16-6-2-1-3-7-16)21(27)12-17-13-24-19-9-5-4-8-18(17)19/h1-9,13,20,24H,10-12,14-15H2,(H2,23,28)/t20-/m0/s1. The number of rotatable bonds is 5. The van der Waals surface area contributed by atoms with E-state index in [1.54, 1.807) is 4.90 Å². The van der Waals surface area contributed by atoms with E-state index < -0.39 is 6.04 Å². The summed E-state index contributed by atoms with van der Waals surface area (Å²) in [7, 11) is 0. The molecule has 1 aliphatic rings. The molecule has 6 nitrogen and oxygen atoms in total. The number of piperazine rings is 1. The highest BCUT2D eigenvalue weighted by Gasteiger charge is 2.33. The first-order valence-electron chi connectivity index (χ1n) is 9.52. The van der Waals surface area contributed by atoms with Crippen LogP contribution in [0.2, 0.25) is 0 Å². The van der Waals surface area contributed by atoms with E-state index in [0.29, 0.717) is 32.6 Å². The molecule has 0 bridgehead atoms. The number of nitrogens with one attached hydrogen (secondary N) is 1. The van der Waals surface area contributed by atoms with E-state index in [0.717, 1.165) is 22.0 Å². The highest BCUT2D eigenvalue weighted by Crippen LogP contribution is 2.20. The molecule has 1 saturated heterocycles. The monoisotopic (exact) mass is 376 g/mol. The molecule has 0 spiro atoms. The zero-order valence-corrected chi connectivity index (χ0v) is 15.7. The molecule has 144 valence electrons. The van der Waals surface area contributed by atoms with E-state index in [9.17, 15) is 9.59 Å². The van der Waals surface area contributed by atoms with Gasteiger partial charge in [0.2, 0.25) is 11.8 Å². The van der Waals surface area contributed by atoms with E-state index >= 15 is 0 Å². The summed E-state index contributed by atoms with van der Waals surface area (Å²) >= 11 is 0. The van der Waals surface area contributed by atoms with Crippen molar-refractivity contribution in [1.29, 1.82) is 0 Å². The maximum absolute atomic E-state index is 12.9. The number of benzene rings is 2. The number of nitrogens with zero attached hydrogens (tertiary/aromatic N) is 2. The molecule has 6 heteroatoms. The molecule has 0 radical (unpaired) electrons. The van der Waals surface area contributed by atoms with Crippen molar-refractivity contribution >= 4 is 22.7 Å². The first-order valence-corrected chi connectivity index (χ1v) is 9.52. The number of hydrogen-bond donors (Lipinski definition) is 2. The van der Waals surface area contributed by atoms with Gasteiger partial charge in [0.05, 0.1) is 6.42 Å². The van der Waals surface area contributed by atoms with Crippen molar-refractivity contribution in [3.05, 3.63) is 71.9 Å². The Hall–Kier alpha value is -3.12. The molecule has 0 unspecified atom stereocenters. The minimum Gasteiger partial charge on any atom is -0.368 e. The quantitative estimate of drug-likeness (QED) is 0.714. The minimum absolute atomic E-state index is 0.0235. The number of aromatic amines is 1. The average Bonchev–Trinajstić information content (AvgIpc) is 3.12. The summed E-state index contributed by atoms with van der Waals surface area (Å²) in [5.74, 6) is -0.365. The molecule has 3 N–H and O–H groups in total. The van der Waals surface area contributed by atoms with E-state index in [-0.39, 0.29) is 11.8 Å². The van der Waals surface area contributed by atoms with E-state index in [1.807, 2.05) is 60.8 Å². The van der Waals surface area contributed by atoms with Crippen LogP contribution in [0.1, 0.15) is 11.1 Å². The minimum atomic E-state index is -0.471. The predicted octanol–water partition coefficient (Wildman–Crippen LogP) is 1.91. The molecule has 28 heavy (non-hydrogen) atoms. The number of fused-ring (bicyclic) bond motifs is 1. The summed E-state index contributed by atoms with van der Waals surface area (Å²) in [6, 6.07) is 17.5. The second-order valence-electron chi connectivity index (χ2n) is 7.25. The second kappa shape index (κ2) is 7.86. The summed E-state index contributed by atoms with van der Waals surface area (Å²) in [5.41, 5.74) is 8.79. The third-order valence-electron chi connectivity index (χ3n) is 5.42. The summed E-state index contributed by atoms with van der Waals surface area (Å²) in [6.07, 6.45) is 2.20. The van der Waals surface area contributed by atoms with Gasteiger partial charge < -0.3 is 15.6 Å². The predicted molar refractivity (Wildman–Crippen MR) is 108 cm³/mol. The number of aromatic nitrogens is 1.